The highest BCUT2D eigenvalue weighted by molar-refractivity contribution is 5.94. The summed E-state index contributed by atoms with van der Waals surface area (Å²) < 4.78 is 1.57. The molecular weight excluding hydrogens is 256 g/mol. The van der Waals surface area contributed by atoms with Crippen molar-refractivity contribution in [2.45, 2.75) is 32.2 Å². The standard InChI is InChI=1S/C14H18N4O2/c1-2-17-8-4-3-7-11(17)12-15-13-10(14(19)20)6-5-9-18(13)16-12/h5-6,9,11H,2-4,7-8H2,1H3,(H,19,20). The molecule has 2 aromatic rings. The normalized spacial score (nSPS) is 20.4. The molecule has 1 N–H and O–H groups in total. The van der Waals surface area contributed by atoms with E-state index in [1.54, 1.807) is 22.8 Å². The number of carbonyl (C=O) groups is 1. The van der Waals surface area contributed by atoms with Crippen molar-refractivity contribution in [3.8, 4) is 0 Å². The van der Waals surface area contributed by atoms with Crippen LogP contribution in [-0.4, -0.2) is 43.7 Å². The summed E-state index contributed by atoms with van der Waals surface area (Å²) in [6.45, 7) is 4.16. The molecule has 0 spiro atoms. The van der Waals surface area contributed by atoms with Crippen LogP contribution in [0, 0.1) is 0 Å². The molecule has 0 saturated carbocycles. The van der Waals surface area contributed by atoms with E-state index in [1.165, 1.54) is 12.8 Å². The molecule has 0 bridgehead atoms. The van der Waals surface area contributed by atoms with Crippen LogP contribution in [0.2, 0.25) is 0 Å². The fourth-order valence-electron chi connectivity index (χ4n) is 2.89. The van der Waals surface area contributed by atoms with Gasteiger partial charge in [-0.25, -0.2) is 14.3 Å². The van der Waals surface area contributed by atoms with E-state index >= 15 is 0 Å². The lowest BCUT2D eigenvalue weighted by Crippen LogP contribution is -2.33. The minimum atomic E-state index is -0.967. The molecule has 1 fully saturated rings. The van der Waals surface area contributed by atoms with Gasteiger partial charge in [0.15, 0.2) is 11.5 Å². The van der Waals surface area contributed by atoms with Crippen LogP contribution in [0.3, 0.4) is 0 Å². The highest BCUT2D eigenvalue weighted by atomic mass is 16.4. The minimum Gasteiger partial charge on any atom is -0.478 e. The highest BCUT2D eigenvalue weighted by Crippen LogP contribution is 2.29. The molecule has 3 rings (SSSR count). The number of piperidine rings is 1. The predicted octanol–water partition coefficient (Wildman–Crippen LogP) is 1.97. The van der Waals surface area contributed by atoms with Gasteiger partial charge in [0.1, 0.15) is 5.56 Å². The first-order valence-corrected chi connectivity index (χ1v) is 7.03. The molecule has 1 saturated heterocycles. The first kappa shape index (κ1) is 13.1. The lowest BCUT2D eigenvalue weighted by molar-refractivity contribution is 0.0698. The number of aromatic carboxylic acids is 1. The van der Waals surface area contributed by atoms with Crippen LogP contribution >= 0.6 is 0 Å². The number of nitrogens with zero attached hydrogens (tertiary/aromatic N) is 4. The maximum Gasteiger partial charge on any atom is 0.339 e. The van der Waals surface area contributed by atoms with E-state index < -0.39 is 5.97 Å². The minimum absolute atomic E-state index is 0.199. The average molecular weight is 274 g/mol. The fraction of sp³-hybridized carbons (Fsp3) is 0.500. The van der Waals surface area contributed by atoms with Crippen molar-refractivity contribution in [3.63, 3.8) is 0 Å². The summed E-state index contributed by atoms with van der Waals surface area (Å²) >= 11 is 0. The van der Waals surface area contributed by atoms with Gasteiger partial charge in [-0.2, -0.15) is 0 Å². The molecule has 6 heteroatoms. The molecule has 0 amide bonds. The zero-order valence-corrected chi connectivity index (χ0v) is 11.5. The summed E-state index contributed by atoms with van der Waals surface area (Å²) in [5.41, 5.74) is 0.627. The van der Waals surface area contributed by atoms with E-state index in [0.29, 0.717) is 5.65 Å². The Morgan fingerprint density at radius 1 is 1.50 bits per heavy atom. The summed E-state index contributed by atoms with van der Waals surface area (Å²) in [5, 5.41) is 13.7. The van der Waals surface area contributed by atoms with Gasteiger partial charge in [0.25, 0.3) is 0 Å². The van der Waals surface area contributed by atoms with Crippen molar-refractivity contribution < 1.29 is 9.90 Å². The van der Waals surface area contributed by atoms with Crippen LogP contribution in [0.15, 0.2) is 18.3 Å². The Morgan fingerprint density at radius 2 is 2.35 bits per heavy atom. The molecular formula is C14H18N4O2. The molecule has 1 atom stereocenters. The van der Waals surface area contributed by atoms with Crippen LogP contribution in [0.4, 0.5) is 0 Å². The lowest BCUT2D eigenvalue weighted by Gasteiger charge is -2.32. The number of hydrogen-bond donors (Lipinski definition) is 1. The third-order valence-corrected chi connectivity index (χ3v) is 3.93. The predicted molar refractivity (Wildman–Crippen MR) is 73.8 cm³/mol. The molecule has 1 unspecified atom stereocenters. The van der Waals surface area contributed by atoms with E-state index in [9.17, 15) is 9.90 Å². The number of aromatic nitrogens is 3. The molecule has 1 aliphatic rings. The number of carboxylic acids is 1. The van der Waals surface area contributed by atoms with Gasteiger partial charge in [0.2, 0.25) is 0 Å². The van der Waals surface area contributed by atoms with E-state index in [0.717, 1.165) is 25.3 Å². The Kier molecular flexibility index (Phi) is 3.40. The second kappa shape index (κ2) is 5.20. The van der Waals surface area contributed by atoms with Gasteiger partial charge in [-0.1, -0.05) is 13.3 Å². The smallest absolute Gasteiger partial charge is 0.339 e. The topological polar surface area (TPSA) is 70.7 Å². The molecule has 0 aromatic carbocycles. The second-order valence-electron chi connectivity index (χ2n) is 5.11. The Bertz CT molecular complexity index is 637. The van der Waals surface area contributed by atoms with E-state index in [1.807, 2.05) is 0 Å². The Hall–Kier alpha value is -1.95. The van der Waals surface area contributed by atoms with Crippen LogP contribution in [0.25, 0.3) is 5.65 Å². The summed E-state index contributed by atoms with van der Waals surface area (Å²) in [6, 6.07) is 3.46. The van der Waals surface area contributed by atoms with Crippen molar-refractivity contribution in [2.75, 3.05) is 13.1 Å². The van der Waals surface area contributed by atoms with Crippen LogP contribution < -0.4 is 0 Å². The number of hydrogen-bond acceptors (Lipinski definition) is 4. The van der Waals surface area contributed by atoms with Crippen molar-refractivity contribution in [3.05, 3.63) is 29.7 Å². The van der Waals surface area contributed by atoms with Crippen LogP contribution in [0.5, 0.6) is 0 Å². The number of fused-ring (bicyclic) bond motifs is 1. The Balaban J connectivity index is 2.04. The molecule has 0 aliphatic carbocycles. The number of pyridine rings is 1. The molecule has 2 aromatic heterocycles. The average Bonchev–Trinajstić information content (AvgIpc) is 2.90. The van der Waals surface area contributed by atoms with Crippen LogP contribution in [0.1, 0.15) is 48.4 Å². The molecule has 20 heavy (non-hydrogen) atoms. The van der Waals surface area contributed by atoms with Crippen molar-refractivity contribution >= 4 is 11.6 Å². The molecule has 3 heterocycles. The van der Waals surface area contributed by atoms with Gasteiger partial charge >= 0.3 is 5.97 Å². The van der Waals surface area contributed by atoms with Crippen LogP contribution in [-0.2, 0) is 0 Å². The van der Waals surface area contributed by atoms with E-state index in [4.69, 9.17) is 0 Å². The van der Waals surface area contributed by atoms with Gasteiger partial charge < -0.3 is 5.11 Å². The highest BCUT2D eigenvalue weighted by Gasteiger charge is 2.27. The Morgan fingerprint density at radius 3 is 3.10 bits per heavy atom. The maximum atomic E-state index is 11.2. The van der Waals surface area contributed by atoms with Crippen molar-refractivity contribution in [1.82, 2.24) is 19.5 Å². The van der Waals surface area contributed by atoms with Crippen molar-refractivity contribution in [2.24, 2.45) is 0 Å². The first-order chi connectivity index (χ1) is 9.70. The summed E-state index contributed by atoms with van der Waals surface area (Å²) in [4.78, 5) is 18.1. The summed E-state index contributed by atoms with van der Waals surface area (Å²) in [6.07, 6.45) is 5.16. The van der Waals surface area contributed by atoms with Gasteiger partial charge in [-0.15, -0.1) is 5.10 Å². The van der Waals surface area contributed by atoms with Crippen molar-refractivity contribution in [1.29, 1.82) is 0 Å². The molecule has 1 aliphatic heterocycles. The number of rotatable bonds is 3. The SMILES string of the molecule is CCN1CCCCC1c1nc2c(C(=O)O)cccn2n1. The zero-order chi connectivity index (χ0) is 14.1. The zero-order valence-electron chi connectivity index (χ0n) is 11.5. The Labute approximate surface area is 117 Å². The quantitative estimate of drug-likeness (QED) is 0.926. The van der Waals surface area contributed by atoms with E-state index in [2.05, 4.69) is 21.9 Å². The van der Waals surface area contributed by atoms with Gasteiger partial charge in [0, 0.05) is 6.20 Å². The second-order valence-corrected chi connectivity index (χ2v) is 5.11. The summed E-state index contributed by atoms with van der Waals surface area (Å²) in [5.74, 6) is -0.231. The molecule has 0 radical (unpaired) electrons. The number of likely N-dealkylation sites (tertiary alicyclic amines) is 1. The third-order valence-electron chi connectivity index (χ3n) is 3.93. The first-order valence-electron chi connectivity index (χ1n) is 7.03. The third kappa shape index (κ3) is 2.16. The summed E-state index contributed by atoms with van der Waals surface area (Å²) in [7, 11) is 0. The lowest BCUT2D eigenvalue weighted by atomic mass is 10.0. The van der Waals surface area contributed by atoms with Gasteiger partial charge in [-0.05, 0) is 38.1 Å². The van der Waals surface area contributed by atoms with E-state index in [-0.39, 0.29) is 11.6 Å². The molecule has 106 valence electrons. The largest absolute Gasteiger partial charge is 0.478 e. The van der Waals surface area contributed by atoms with Gasteiger partial charge in [0.05, 0.1) is 6.04 Å². The maximum absolute atomic E-state index is 11.2. The molecule has 6 nitrogen and oxygen atoms in total. The fourth-order valence-corrected chi connectivity index (χ4v) is 2.89. The number of carboxylic acid groups (broad SMARTS) is 1. The monoisotopic (exact) mass is 274 g/mol. The van der Waals surface area contributed by atoms with Gasteiger partial charge in [-0.3, -0.25) is 4.90 Å².